The zero-order chi connectivity index (χ0) is 13.4. The molecule has 0 radical (unpaired) electrons. The lowest BCUT2D eigenvalue weighted by Gasteiger charge is -2.13. The number of benzene rings is 1. The predicted octanol–water partition coefficient (Wildman–Crippen LogP) is 2.72. The Hall–Kier alpha value is -1.13. The molecule has 4 heteroatoms. The summed E-state index contributed by atoms with van der Waals surface area (Å²) >= 11 is 0. The van der Waals surface area contributed by atoms with Gasteiger partial charge in [0.05, 0.1) is 12.7 Å². The summed E-state index contributed by atoms with van der Waals surface area (Å²) in [6.07, 6.45) is 1.55. The third-order valence-electron chi connectivity index (χ3n) is 2.65. The van der Waals surface area contributed by atoms with E-state index in [1.165, 1.54) is 6.07 Å². The Bertz CT molecular complexity index is 358. The topological polar surface area (TPSA) is 41.5 Å². The molecule has 1 unspecified atom stereocenters. The van der Waals surface area contributed by atoms with Gasteiger partial charge in [0.2, 0.25) is 0 Å². The SMILES string of the molecule is CCCCOCC(O)CNc1ccc(F)c(C)c1. The van der Waals surface area contributed by atoms with Crippen molar-refractivity contribution in [3.05, 3.63) is 29.6 Å². The van der Waals surface area contributed by atoms with E-state index in [1.807, 2.05) is 0 Å². The Morgan fingerprint density at radius 1 is 1.44 bits per heavy atom. The van der Waals surface area contributed by atoms with Crippen LogP contribution >= 0.6 is 0 Å². The van der Waals surface area contributed by atoms with Crippen molar-refractivity contribution in [2.24, 2.45) is 0 Å². The molecule has 1 rings (SSSR count). The van der Waals surface area contributed by atoms with Crippen molar-refractivity contribution in [3.8, 4) is 0 Å². The molecule has 1 aromatic rings. The van der Waals surface area contributed by atoms with Gasteiger partial charge in [0.1, 0.15) is 5.82 Å². The molecule has 3 nitrogen and oxygen atoms in total. The molecular formula is C14H22FNO2. The highest BCUT2D eigenvalue weighted by Crippen LogP contribution is 2.13. The van der Waals surface area contributed by atoms with Crippen LogP contribution in [0, 0.1) is 12.7 Å². The number of aliphatic hydroxyl groups is 1. The fourth-order valence-corrected chi connectivity index (χ4v) is 1.52. The first-order chi connectivity index (χ1) is 8.63. The number of halogens is 1. The maximum Gasteiger partial charge on any atom is 0.126 e. The van der Waals surface area contributed by atoms with Gasteiger partial charge in [-0.15, -0.1) is 0 Å². The molecule has 0 aromatic heterocycles. The summed E-state index contributed by atoms with van der Waals surface area (Å²) in [5.74, 6) is -0.219. The number of aryl methyl sites for hydroxylation is 1. The molecule has 0 aliphatic rings. The van der Waals surface area contributed by atoms with Gasteiger partial charge in [0, 0.05) is 18.8 Å². The average Bonchev–Trinajstić information content (AvgIpc) is 2.36. The fraction of sp³-hybridized carbons (Fsp3) is 0.571. The van der Waals surface area contributed by atoms with Crippen molar-refractivity contribution in [1.29, 1.82) is 0 Å². The number of aliphatic hydroxyl groups excluding tert-OH is 1. The number of anilines is 1. The smallest absolute Gasteiger partial charge is 0.126 e. The molecule has 102 valence electrons. The first-order valence-corrected chi connectivity index (χ1v) is 6.39. The molecular weight excluding hydrogens is 233 g/mol. The highest BCUT2D eigenvalue weighted by molar-refractivity contribution is 5.45. The normalized spacial score (nSPS) is 12.4. The molecule has 1 atom stereocenters. The molecule has 0 saturated heterocycles. The Balaban J connectivity index is 2.24. The third kappa shape index (κ3) is 5.47. The zero-order valence-electron chi connectivity index (χ0n) is 11.1. The minimum absolute atomic E-state index is 0.219. The van der Waals surface area contributed by atoms with Crippen molar-refractivity contribution >= 4 is 5.69 Å². The zero-order valence-corrected chi connectivity index (χ0v) is 11.1. The summed E-state index contributed by atoms with van der Waals surface area (Å²) in [6.45, 7) is 5.22. The standard InChI is InChI=1S/C14H22FNO2/c1-3-4-7-18-10-13(17)9-16-12-5-6-14(15)11(2)8-12/h5-6,8,13,16-17H,3-4,7,9-10H2,1-2H3. The van der Waals surface area contributed by atoms with E-state index in [-0.39, 0.29) is 5.82 Å². The van der Waals surface area contributed by atoms with Crippen LogP contribution in [0.25, 0.3) is 0 Å². The van der Waals surface area contributed by atoms with Gasteiger partial charge >= 0.3 is 0 Å². The van der Waals surface area contributed by atoms with Gasteiger partial charge in [-0.05, 0) is 37.1 Å². The number of nitrogens with one attached hydrogen (secondary N) is 1. The molecule has 0 amide bonds. The minimum atomic E-state index is -0.549. The van der Waals surface area contributed by atoms with Crippen LogP contribution in [0.2, 0.25) is 0 Å². The van der Waals surface area contributed by atoms with E-state index in [0.29, 0.717) is 25.3 Å². The number of unbranched alkanes of at least 4 members (excludes halogenated alkanes) is 1. The van der Waals surface area contributed by atoms with Crippen LogP contribution in [-0.4, -0.2) is 31.0 Å². The highest BCUT2D eigenvalue weighted by Gasteiger charge is 2.05. The van der Waals surface area contributed by atoms with E-state index in [2.05, 4.69) is 12.2 Å². The van der Waals surface area contributed by atoms with Crippen LogP contribution < -0.4 is 5.32 Å². The largest absolute Gasteiger partial charge is 0.389 e. The quantitative estimate of drug-likeness (QED) is 0.702. The molecule has 0 bridgehead atoms. The first kappa shape index (κ1) is 14.9. The molecule has 1 aromatic carbocycles. The van der Waals surface area contributed by atoms with Gasteiger partial charge in [0.25, 0.3) is 0 Å². The van der Waals surface area contributed by atoms with E-state index in [1.54, 1.807) is 19.1 Å². The van der Waals surface area contributed by atoms with E-state index in [4.69, 9.17) is 4.74 Å². The second-order valence-corrected chi connectivity index (χ2v) is 4.43. The molecule has 18 heavy (non-hydrogen) atoms. The molecule has 0 saturated carbocycles. The first-order valence-electron chi connectivity index (χ1n) is 6.39. The summed E-state index contributed by atoms with van der Waals surface area (Å²) in [4.78, 5) is 0. The molecule has 0 fully saturated rings. The second-order valence-electron chi connectivity index (χ2n) is 4.43. The van der Waals surface area contributed by atoms with Crippen LogP contribution in [0.5, 0.6) is 0 Å². The maximum atomic E-state index is 13.0. The molecule has 0 aliphatic carbocycles. The minimum Gasteiger partial charge on any atom is -0.389 e. The summed E-state index contributed by atoms with van der Waals surface area (Å²) in [7, 11) is 0. The van der Waals surface area contributed by atoms with Crippen LogP contribution in [0.3, 0.4) is 0 Å². The van der Waals surface area contributed by atoms with Crippen molar-refractivity contribution in [3.63, 3.8) is 0 Å². The van der Waals surface area contributed by atoms with Gasteiger partial charge in [0.15, 0.2) is 0 Å². The Morgan fingerprint density at radius 3 is 2.89 bits per heavy atom. The molecule has 0 heterocycles. The van der Waals surface area contributed by atoms with Crippen LogP contribution in [0.15, 0.2) is 18.2 Å². The van der Waals surface area contributed by atoms with Crippen LogP contribution in [0.1, 0.15) is 25.3 Å². The Kier molecular flexibility index (Phi) is 6.68. The average molecular weight is 255 g/mol. The number of hydrogen-bond donors (Lipinski definition) is 2. The summed E-state index contributed by atoms with van der Waals surface area (Å²) < 4.78 is 18.4. The summed E-state index contributed by atoms with van der Waals surface area (Å²) in [5.41, 5.74) is 1.40. The van der Waals surface area contributed by atoms with Crippen molar-refractivity contribution in [2.75, 3.05) is 25.1 Å². The van der Waals surface area contributed by atoms with Crippen LogP contribution in [-0.2, 0) is 4.74 Å². The van der Waals surface area contributed by atoms with Crippen molar-refractivity contribution in [1.82, 2.24) is 0 Å². The number of hydrogen-bond acceptors (Lipinski definition) is 3. The predicted molar refractivity (Wildman–Crippen MR) is 71.4 cm³/mol. The van der Waals surface area contributed by atoms with Gasteiger partial charge in [-0.3, -0.25) is 0 Å². The number of rotatable bonds is 8. The van der Waals surface area contributed by atoms with Crippen molar-refractivity contribution < 1.29 is 14.2 Å². The highest BCUT2D eigenvalue weighted by atomic mass is 19.1. The van der Waals surface area contributed by atoms with Gasteiger partial charge in [-0.25, -0.2) is 4.39 Å². The molecule has 0 spiro atoms. The van der Waals surface area contributed by atoms with E-state index < -0.39 is 6.10 Å². The summed E-state index contributed by atoms with van der Waals surface area (Å²) in [5, 5.41) is 12.7. The maximum absolute atomic E-state index is 13.0. The molecule has 2 N–H and O–H groups in total. The lowest BCUT2D eigenvalue weighted by Crippen LogP contribution is -2.25. The second kappa shape index (κ2) is 8.06. The van der Waals surface area contributed by atoms with Gasteiger partial charge in [-0.1, -0.05) is 13.3 Å². The number of ether oxygens (including phenoxy) is 1. The van der Waals surface area contributed by atoms with E-state index >= 15 is 0 Å². The molecule has 0 aliphatic heterocycles. The van der Waals surface area contributed by atoms with Gasteiger partial charge in [-0.2, -0.15) is 0 Å². The Labute approximate surface area is 108 Å². The van der Waals surface area contributed by atoms with Gasteiger partial charge < -0.3 is 15.2 Å². The lowest BCUT2D eigenvalue weighted by atomic mass is 10.2. The monoisotopic (exact) mass is 255 g/mol. The van der Waals surface area contributed by atoms with E-state index in [0.717, 1.165) is 18.5 Å². The lowest BCUT2D eigenvalue weighted by molar-refractivity contribution is 0.0422. The third-order valence-corrected chi connectivity index (χ3v) is 2.65. The Morgan fingerprint density at radius 2 is 2.22 bits per heavy atom. The van der Waals surface area contributed by atoms with Crippen molar-refractivity contribution in [2.45, 2.75) is 32.8 Å². The van der Waals surface area contributed by atoms with E-state index in [9.17, 15) is 9.50 Å². The summed E-state index contributed by atoms with van der Waals surface area (Å²) in [6, 6.07) is 4.80. The fourth-order valence-electron chi connectivity index (χ4n) is 1.52. The van der Waals surface area contributed by atoms with Crippen LogP contribution in [0.4, 0.5) is 10.1 Å².